The quantitative estimate of drug-likeness (QED) is 0.699. The van der Waals surface area contributed by atoms with Crippen LogP contribution in [0.4, 0.5) is 9.18 Å². The molecule has 0 aromatic heterocycles. The molecule has 3 N–H and O–H groups in total. The maximum absolute atomic E-state index is 12.8. The molecule has 1 aromatic rings. The Balaban J connectivity index is 2.42. The van der Waals surface area contributed by atoms with Crippen LogP contribution in [0.1, 0.15) is 26.3 Å². The van der Waals surface area contributed by atoms with Gasteiger partial charge in [-0.3, -0.25) is 4.84 Å². The van der Waals surface area contributed by atoms with Crippen molar-refractivity contribution in [1.82, 2.24) is 10.8 Å². The first-order valence-corrected chi connectivity index (χ1v) is 6.45. The zero-order chi connectivity index (χ0) is 15.2. The third-order valence-corrected chi connectivity index (χ3v) is 2.64. The van der Waals surface area contributed by atoms with Gasteiger partial charge in [0.05, 0.1) is 13.2 Å². The Bertz CT molecular complexity index is 433. The molecule has 0 heterocycles. The van der Waals surface area contributed by atoms with Gasteiger partial charge in [-0.05, 0) is 30.5 Å². The number of aliphatic hydroxyl groups is 1. The first kappa shape index (κ1) is 16.4. The molecule has 0 bridgehead atoms. The SMILES string of the molecule is CC(C)CONC(=O)NC[C@](C)(O)c1ccc(F)cc1. The molecule has 0 saturated carbocycles. The molecule has 1 atom stereocenters. The molecular weight excluding hydrogens is 263 g/mol. The second kappa shape index (κ2) is 7.21. The number of hydrogen-bond donors (Lipinski definition) is 3. The summed E-state index contributed by atoms with van der Waals surface area (Å²) >= 11 is 0. The number of urea groups is 1. The van der Waals surface area contributed by atoms with Gasteiger partial charge >= 0.3 is 6.03 Å². The fourth-order valence-corrected chi connectivity index (χ4v) is 1.47. The van der Waals surface area contributed by atoms with Gasteiger partial charge in [0, 0.05) is 0 Å². The van der Waals surface area contributed by atoms with Crippen LogP contribution in [0.3, 0.4) is 0 Å². The van der Waals surface area contributed by atoms with Crippen molar-refractivity contribution in [2.75, 3.05) is 13.2 Å². The molecule has 5 nitrogen and oxygen atoms in total. The largest absolute Gasteiger partial charge is 0.384 e. The van der Waals surface area contributed by atoms with Gasteiger partial charge in [0.2, 0.25) is 0 Å². The molecule has 0 aliphatic rings. The highest BCUT2D eigenvalue weighted by molar-refractivity contribution is 5.72. The predicted molar refractivity (Wildman–Crippen MR) is 73.3 cm³/mol. The van der Waals surface area contributed by atoms with Gasteiger partial charge in [-0.15, -0.1) is 0 Å². The minimum absolute atomic E-state index is 0.0183. The van der Waals surface area contributed by atoms with Gasteiger partial charge in [-0.25, -0.2) is 14.7 Å². The summed E-state index contributed by atoms with van der Waals surface area (Å²) in [4.78, 5) is 16.4. The zero-order valence-corrected chi connectivity index (χ0v) is 11.9. The van der Waals surface area contributed by atoms with E-state index in [9.17, 15) is 14.3 Å². The highest BCUT2D eigenvalue weighted by Gasteiger charge is 2.23. The average molecular weight is 284 g/mol. The number of nitrogens with one attached hydrogen (secondary N) is 2. The summed E-state index contributed by atoms with van der Waals surface area (Å²) in [5, 5.41) is 12.7. The molecule has 0 aliphatic carbocycles. The van der Waals surface area contributed by atoms with E-state index in [1.807, 2.05) is 13.8 Å². The summed E-state index contributed by atoms with van der Waals surface area (Å²) in [5.41, 5.74) is 1.45. The maximum Gasteiger partial charge on any atom is 0.338 e. The highest BCUT2D eigenvalue weighted by atomic mass is 19.1. The molecule has 0 spiro atoms. The summed E-state index contributed by atoms with van der Waals surface area (Å²) < 4.78 is 12.8. The van der Waals surface area contributed by atoms with Crippen molar-refractivity contribution in [3.8, 4) is 0 Å². The van der Waals surface area contributed by atoms with Gasteiger partial charge in [-0.2, -0.15) is 0 Å². The standard InChI is InChI=1S/C14H21FN2O3/c1-10(2)8-20-17-13(18)16-9-14(3,19)11-4-6-12(15)7-5-11/h4-7,10,19H,8-9H2,1-3H3,(H2,16,17,18)/t14-/m0/s1. The first-order chi connectivity index (χ1) is 9.31. The minimum atomic E-state index is -1.29. The normalized spacial score (nSPS) is 13.9. The number of halogens is 1. The van der Waals surface area contributed by atoms with E-state index >= 15 is 0 Å². The fraction of sp³-hybridized carbons (Fsp3) is 0.500. The van der Waals surface area contributed by atoms with Crippen LogP contribution in [0.5, 0.6) is 0 Å². The third kappa shape index (κ3) is 5.54. The molecule has 1 aromatic carbocycles. The molecular formula is C14H21FN2O3. The monoisotopic (exact) mass is 284 g/mol. The number of rotatable bonds is 6. The van der Waals surface area contributed by atoms with Crippen molar-refractivity contribution < 1.29 is 19.1 Å². The number of benzene rings is 1. The van der Waals surface area contributed by atoms with Crippen LogP contribution in [0.2, 0.25) is 0 Å². The topological polar surface area (TPSA) is 70.6 Å². The van der Waals surface area contributed by atoms with Gasteiger partial charge in [-0.1, -0.05) is 26.0 Å². The molecule has 0 fully saturated rings. The van der Waals surface area contributed by atoms with E-state index in [2.05, 4.69) is 10.8 Å². The van der Waals surface area contributed by atoms with Crippen molar-refractivity contribution in [3.63, 3.8) is 0 Å². The lowest BCUT2D eigenvalue weighted by molar-refractivity contribution is 0.0348. The summed E-state index contributed by atoms with van der Waals surface area (Å²) in [6, 6.07) is 4.94. The molecule has 20 heavy (non-hydrogen) atoms. The van der Waals surface area contributed by atoms with Crippen molar-refractivity contribution >= 4 is 6.03 Å². The van der Waals surface area contributed by atoms with Crippen molar-refractivity contribution in [2.45, 2.75) is 26.4 Å². The number of carbonyl (C=O) groups excluding carboxylic acids is 1. The van der Waals surface area contributed by atoms with Gasteiger partial charge in [0.15, 0.2) is 0 Å². The summed E-state index contributed by atoms with van der Waals surface area (Å²) in [5.74, 6) is -0.0741. The molecule has 0 unspecified atom stereocenters. The Morgan fingerprint density at radius 2 is 2.00 bits per heavy atom. The van der Waals surface area contributed by atoms with E-state index in [1.54, 1.807) is 0 Å². The van der Waals surface area contributed by atoms with Gasteiger partial charge in [0.25, 0.3) is 0 Å². The Labute approximate surface area is 118 Å². The smallest absolute Gasteiger partial charge is 0.338 e. The number of hydrogen-bond acceptors (Lipinski definition) is 3. The van der Waals surface area contributed by atoms with E-state index < -0.39 is 11.6 Å². The van der Waals surface area contributed by atoms with Crippen LogP contribution in [0, 0.1) is 11.7 Å². The second-order valence-corrected chi connectivity index (χ2v) is 5.27. The predicted octanol–water partition coefficient (Wildman–Crippen LogP) is 1.92. The van der Waals surface area contributed by atoms with Crippen molar-refractivity contribution in [3.05, 3.63) is 35.6 Å². The molecule has 0 radical (unpaired) electrons. The van der Waals surface area contributed by atoms with Crippen LogP contribution in [0.15, 0.2) is 24.3 Å². The van der Waals surface area contributed by atoms with E-state index in [4.69, 9.17) is 4.84 Å². The van der Waals surface area contributed by atoms with Crippen LogP contribution in [0.25, 0.3) is 0 Å². The Morgan fingerprint density at radius 3 is 2.55 bits per heavy atom. The molecule has 112 valence electrons. The maximum atomic E-state index is 12.8. The van der Waals surface area contributed by atoms with Crippen LogP contribution in [-0.4, -0.2) is 24.3 Å². The van der Waals surface area contributed by atoms with E-state index in [1.165, 1.54) is 31.2 Å². The second-order valence-electron chi connectivity index (χ2n) is 5.27. The third-order valence-electron chi connectivity index (χ3n) is 2.64. The van der Waals surface area contributed by atoms with Crippen LogP contribution >= 0.6 is 0 Å². The molecule has 1 rings (SSSR count). The lowest BCUT2D eigenvalue weighted by Gasteiger charge is -2.24. The Kier molecular flexibility index (Phi) is 5.91. The van der Waals surface area contributed by atoms with Crippen molar-refractivity contribution in [2.24, 2.45) is 5.92 Å². The number of carbonyl (C=O) groups is 1. The summed E-state index contributed by atoms with van der Waals surface area (Å²) in [6.45, 7) is 5.84. The Hall–Kier alpha value is -1.66. The minimum Gasteiger partial charge on any atom is -0.384 e. The van der Waals surface area contributed by atoms with Crippen LogP contribution < -0.4 is 10.8 Å². The fourth-order valence-electron chi connectivity index (χ4n) is 1.47. The summed E-state index contributed by atoms with van der Waals surface area (Å²) in [6.07, 6.45) is 0. The average Bonchev–Trinajstić information content (AvgIpc) is 2.36. The Morgan fingerprint density at radius 1 is 1.40 bits per heavy atom. The number of hydroxylamine groups is 1. The molecule has 2 amide bonds. The van der Waals surface area contributed by atoms with E-state index in [0.29, 0.717) is 18.1 Å². The van der Waals surface area contributed by atoms with Gasteiger partial charge in [0.1, 0.15) is 11.4 Å². The number of amides is 2. The highest BCUT2D eigenvalue weighted by Crippen LogP contribution is 2.19. The first-order valence-electron chi connectivity index (χ1n) is 6.45. The van der Waals surface area contributed by atoms with E-state index in [0.717, 1.165) is 0 Å². The van der Waals surface area contributed by atoms with Crippen LogP contribution in [-0.2, 0) is 10.4 Å². The molecule has 0 saturated heterocycles. The lowest BCUT2D eigenvalue weighted by Crippen LogP contribution is -2.43. The molecule has 0 aliphatic heterocycles. The lowest BCUT2D eigenvalue weighted by atomic mass is 9.96. The van der Waals surface area contributed by atoms with E-state index in [-0.39, 0.29) is 12.4 Å². The molecule has 6 heteroatoms. The van der Waals surface area contributed by atoms with Gasteiger partial charge < -0.3 is 10.4 Å². The zero-order valence-electron chi connectivity index (χ0n) is 11.9. The van der Waals surface area contributed by atoms with Crippen molar-refractivity contribution in [1.29, 1.82) is 0 Å². The summed E-state index contributed by atoms with van der Waals surface area (Å²) in [7, 11) is 0.